The predicted molar refractivity (Wildman–Crippen MR) is 81.7 cm³/mol. The van der Waals surface area contributed by atoms with Gasteiger partial charge in [0.25, 0.3) is 0 Å². The Morgan fingerprint density at radius 3 is 2.50 bits per heavy atom. The van der Waals surface area contributed by atoms with Crippen molar-refractivity contribution in [2.24, 2.45) is 0 Å². The number of nitrogens with two attached hydrogens (primary N) is 1. The van der Waals surface area contributed by atoms with Crippen molar-refractivity contribution in [2.75, 3.05) is 11.1 Å². The molecule has 0 aliphatic rings. The van der Waals surface area contributed by atoms with Crippen molar-refractivity contribution in [1.82, 2.24) is 0 Å². The lowest BCUT2D eigenvalue weighted by Crippen LogP contribution is -2.04. The van der Waals surface area contributed by atoms with Gasteiger partial charge >= 0.3 is 0 Å². The standard InChI is InChI=1S/C15H17BrN2/c1-2-11-5-3-4-6-12(11)10-18-15-8-7-13(16)9-14(15)17/h3-9,18H,2,10,17H2,1H3. The van der Waals surface area contributed by atoms with Crippen LogP contribution in [0, 0.1) is 0 Å². The molecule has 0 aromatic heterocycles. The third kappa shape index (κ3) is 3.05. The maximum Gasteiger partial charge on any atom is 0.0577 e. The van der Waals surface area contributed by atoms with Crippen LogP contribution in [-0.2, 0) is 13.0 Å². The average Bonchev–Trinajstić information content (AvgIpc) is 2.38. The highest BCUT2D eigenvalue weighted by molar-refractivity contribution is 9.10. The predicted octanol–water partition coefficient (Wildman–Crippen LogP) is 4.21. The van der Waals surface area contributed by atoms with Crippen LogP contribution in [0.1, 0.15) is 18.1 Å². The minimum atomic E-state index is 0.762. The molecular formula is C15H17BrN2. The Bertz CT molecular complexity index is 538. The van der Waals surface area contributed by atoms with Gasteiger partial charge in [-0.15, -0.1) is 0 Å². The van der Waals surface area contributed by atoms with E-state index in [2.05, 4.69) is 52.4 Å². The van der Waals surface area contributed by atoms with Gasteiger partial charge in [0.15, 0.2) is 0 Å². The molecule has 3 N–H and O–H groups in total. The van der Waals surface area contributed by atoms with Gasteiger partial charge in [0.05, 0.1) is 11.4 Å². The minimum absolute atomic E-state index is 0.762. The summed E-state index contributed by atoms with van der Waals surface area (Å²) in [5.41, 5.74) is 10.4. The number of nitrogens with one attached hydrogen (secondary N) is 1. The van der Waals surface area contributed by atoms with E-state index < -0.39 is 0 Å². The monoisotopic (exact) mass is 304 g/mol. The summed E-state index contributed by atoms with van der Waals surface area (Å²) in [4.78, 5) is 0. The van der Waals surface area contributed by atoms with Gasteiger partial charge in [-0.2, -0.15) is 0 Å². The quantitative estimate of drug-likeness (QED) is 0.831. The Kier molecular flexibility index (Phi) is 4.26. The Morgan fingerprint density at radius 2 is 1.83 bits per heavy atom. The fourth-order valence-electron chi connectivity index (χ4n) is 1.96. The van der Waals surface area contributed by atoms with Crippen LogP contribution < -0.4 is 11.1 Å². The zero-order valence-electron chi connectivity index (χ0n) is 10.4. The van der Waals surface area contributed by atoms with Crippen LogP contribution in [0.3, 0.4) is 0 Å². The first-order valence-electron chi connectivity index (χ1n) is 6.06. The van der Waals surface area contributed by atoms with E-state index in [1.807, 2.05) is 18.2 Å². The molecule has 0 atom stereocenters. The van der Waals surface area contributed by atoms with E-state index in [1.165, 1.54) is 11.1 Å². The maximum atomic E-state index is 5.96. The Labute approximate surface area is 116 Å². The molecule has 0 heterocycles. The Hall–Kier alpha value is -1.48. The lowest BCUT2D eigenvalue weighted by molar-refractivity contribution is 1.04. The maximum absolute atomic E-state index is 5.96. The number of anilines is 2. The summed E-state index contributed by atoms with van der Waals surface area (Å²) >= 11 is 3.41. The number of aryl methyl sites for hydroxylation is 1. The first-order valence-corrected chi connectivity index (χ1v) is 6.85. The zero-order chi connectivity index (χ0) is 13.0. The van der Waals surface area contributed by atoms with Crippen molar-refractivity contribution in [3.63, 3.8) is 0 Å². The molecule has 0 aliphatic carbocycles. The van der Waals surface area contributed by atoms with Gasteiger partial charge in [0, 0.05) is 11.0 Å². The second-order valence-electron chi connectivity index (χ2n) is 4.21. The number of hydrogen-bond donors (Lipinski definition) is 2. The van der Waals surface area contributed by atoms with Gasteiger partial charge in [0.2, 0.25) is 0 Å². The molecule has 0 unspecified atom stereocenters. The van der Waals surface area contributed by atoms with Crippen LogP contribution in [-0.4, -0.2) is 0 Å². The molecule has 0 amide bonds. The van der Waals surface area contributed by atoms with Crippen molar-refractivity contribution >= 4 is 27.3 Å². The first-order chi connectivity index (χ1) is 8.70. The summed E-state index contributed by atoms with van der Waals surface area (Å²) in [6, 6.07) is 14.4. The van der Waals surface area contributed by atoms with Crippen LogP contribution in [0.5, 0.6) is 0 Å². The summed E-state index contributed by atoms with van der Waals surface area (Å²) in [5.74, 6) is 0. The molecule has 2 aromatic carbocycles. The van der Waals surface area contributed by atoms with Gasteiger partial charge in [-0.05, 0) is 35.7 Å². The van der Waals surface area contributed by atoms with E-state index in [0.717, 1.165) is 28.8 Å². The molecule has 0 saturated heterocycles. The van der Waals surface area contributed by atoms with Crippen molar-refractivity contribution in [2.45, 2.75) is 19.9 Å². The molecular weight excluding hydrogens is 288 g/mol. The number of rotatable bonds is 4. The molecule has 0 bridgehead atoms. The minimum Gasteiger partial charge on any atom is -0.397 e. The van der Waals surface area contributed by atoms with Gasteiger partial charge in [-0.3, -0.25) is 0 Å². The van der Waals surface area contributed by atoms with Crippen LogP contribution in [0.2, 0.25) is 0 Å². The Balaban J connectivity index is 2.11. The molecule has 18 heavy (non-hydrogen) atoms. The molecule has 0 spiro atoms. The number of halogens is 1. The second kappa shape index (κ2) is 5.91. The summed E-state index contributed by atoms with van der Waals surface area (Å²) in [6.45, 7) is 2.97. The fourth-order valence-corrected chi connectivity index (χ4v) is 2.34. The topological polar surface area (TPSA) is 38.0 Å². The van der Waals surface area contributed by atoms with Crippen molar-refractivity contribution in [3.8, 4) is 0 Å². The van der Waals surface area contributed by atoms with Crippen LogP contribution in [0.15, 0.2) is 46.9 Å². The lowest BCUT2D eigenvalue weighted by Gasteiger charge is -2.12. The smallest absolute Gasteiger partial charge is 0.0577 e. The largest absolute Gasteiger partial charge is 0.397 e. The number of hydrogen-bond acceptors (Lipinski definition) is 2. The van der Waals surface area contributed by atoms with E-state index >= 15 is 0 Å². The highest BCUT2D eigenvalue weighted by atomic mass is 79.9. The summed E-state index contributed by atoms with van der Waals surface area (Å²) in [7, 11) is 0. The molecule has 3 heteroatoms. The molecule has 0 aliphatic heterocycles. The van der Waals surface area contributed by atoms with E-state index in [-0.39, 0.29) is 0 Å². The average molecular weight is 305 g/mol. The zero-order valence-corrected chi connectivity index (χ0v) is 12.0. The third-order valence-electron chi connectivity index (χ3n) is 2.98. The first kappa shape index (κ1) is 13.0. The van der Waals surface area contributed by atoms with Crippen LogP contribution in [0.4, 0.5) is 11.4 Å². The molecule has 2 aromatic rings. The summed E-state index contributed by atoms with van der Waals surface area (Å²) in [5, 5.41) is 3.39. The molecule has 2 rings (SSSR count). The van der Waals surface area contributed by atoms with Crippen molar-refractivity contribution in [1.29, 1.82) is 0 Å². The third-order valence-corrected chi connectivity index (χ3v) is 3.48. The fraction of sp³-hybridized carbons (Fsp3) is 0.200. The van der Waals surface area contributed by atoms with E-state index in [4.69, 9.17) is 5.73 Å². The van der Waals surface area contributed by atoms with Crippen LogP contribution >= 0.6 is 15.9 Å². The van der Waals surface area contributed by atoms with E-state index in [9.17, 15) is 0 Å². The SMILES string of the molecule is CCc1ccccc1CNc1ccc(Br)cc1N. The second-order valence-corrected chi connectivity index (χ2v) is 5.12. The van der Waals surface area contributed by atoms with Gasteiger partial charge in [-0.1, -0.05) is 47.1 Å². The lowest BCUT2D eigenvalue weighted by atomic mass is 10.1. The summed E-state index contributed by atoms with van der Waals surface area (Å²) in [6.07, 6.45) is 1.05. The molecule has 2 nitrogen and oxygen atoms in total. The van der Waals surface area contributed by atoms with Crippen LogP contribution in [0.25, 0.3) is 0 Å². The Morgan fingerprint density at radius 1 is 1.11 bits per heavy atom. The molecule has 0 saturated carbocycles. The van der Waals surface area contributed by atoms with Gasteiger partial charge in [-0.25, -0.2) is 0 Å². The number of nitrogen functional groups attached to an aromatic ring is 1. The van der Waals surface area contributed by atoms with Gasteiger partial charge in [0.1, 0.15) is 0 Å². The molecule has 94 valence electrons. The van der Waals surface area contributed by atoms with Crippen molar-refractivity contribution in [3.05, 3.63) is 58.1 Å². The number of benzene rings is 2. The van der Waals surface area contributed by atoms with E-state index in [0.29, 0.717) is 0 Å². The highest BCUT2D eigenvalue weighted by Crippen LogP contribution is 2.23. The van der Waals surface area contributed by atoms with Gasteiger partial charge < -0.3 is 11.1 Å². The summed E-state index contributed by atoms with van der Waals surface area (Å²) < 4.78 is 1.000. The highest BCUT2D eigenvalue weighted by Gasteiger charge is 2.02. The normalized spacial score (nSPS) is 10.3. The van der Waals surface area contributed by atoms with E-state index in [1.54, 1.807) is 0 Å². The molecule has 0 radical (unpaired) electrons. The van der Waals surface area contributed by atoms with Crippen molar-refractivity contribution < 1.29 is 0 Å². The molecule has 0 fully saturated rings.